The van der Waals surface area contributed by atoms with Crippen LogP contribution in [0.5, 0.6) is 0 Å². The van der Waals surface area contributed by atoms with Crippen LogP contribution in [-0.2, 0) is 21.2 Å². The maximum atomic E-state index is 12.7. The number of hydrogen-bond acceptors (Lipinski definition) is 6. The largest absolute Gasteiger partial charge is 0.419 e. The second-order valence-electron chi connectivity index (χ2n) is 6.52. The Hall–Kier alpha value is -1.84. The number of carbonyl (C=O) groups excluding carboxylic acids is 1. The van der Waals surface area contributed by atoms with Gasteiger partial charge in [0.2, 0.25) is 5.91 Å². The van der Waals surface area contributed by atoms with Crippen LogP contribution in [0.1, 0.15) is 12.8 Å². The first-order valence-corrected chi connectivity index (χ1v) is 10.4. The van der Waals surface area contributed by atoms with Gasteiger partial charge in [0.1, 0.15) is 0 Å². The van der Waals surface area contributed by atoms with Crippen molar-refractivity contribution >= 4 is 38.4 Å². The summed E-state index contributed by atoms with van der Waals surface area (Å²) in [7, 11) is 0.289. The van der Waals surface area contributed by atoms with E-state index in [2.05, 4.69) is 0 Å². The molecular weight excluding hydrogens is 382 g/mol. The van der Waals surface area contributed by atoms with Gasteiger partial charge in [-0.1, -0.05) is 11.6 Å². The van der Waals surface area contributed by atoms with E-state index in [0.29, 0.717) is 22.5 Å². The lowest BCUT2D eigenvalue weighted by Gasteiger charge is -2.33. The highest BCUT2D eigenvalue weighted by atomic mass is 35.5. The van der Waals surface area contributed by atoms with Crippen molar-refractivity contribution in [2.24, 2.45) is 0 Å². The Morgan fingerprint density at radius 3 is 2.73 bits per heavy atom. The number of nitrogens with zero attached hydrogens (tertiary/aromatic N) is 3. The first-order chi connectivity index (χ1) is 12.2. The molecule has 1 amide bonds. The van der Waals surface area contributed by atoms with E-state index < -0.39 is 15.6 Å². The highest BCUT2D eigenvalue weighted by Crippen LogP contribution is 2.21. The molecule has 0 saturated carbocycles. The lowest BCUT2D eigenvalue weighted by atomic mass is 10.2. The SMILES string of the molecule is CN(C)N(C(=O)CCn1c(=O)oc2cc(Cl)ccc21)[C@H]1CCS(=O)(=O)C1. The number of hydrogen-bond donors (Lipinski definition) is 0. The first kappa shape index (κ1) is 18.9. The number of benzene rings is 1. The van der Waals surface area contributed by atoms with Crippen LogP contribution < -0.4 is 5.76 Å². The van der Waals surface area contributed by atoms with Crippen LogP contribution in [0.25, 0.3) is 11.1 Å². The molecule has 1 aromatic heterocycles. The van der Waals surface area contributed by atoms with Crippen molar-refractivity contribution in [3.05, 3.63) is 33.8 Å². The molecule has 2 heterocycles. The van der Waals surface area contributed by atoms with Gasteiger partial charge < -0.3 is 4.42 Å². The van der Waals surface area contributed by atoms with E-state index in [1.807, 2.05) is 0 Å². The molecule has 8 nitrogen and oxygen atoms in total. The van der Waals surface area contributed by atoms with Crippen LogP contribution in [0.3, 0.4) is 0 Å². The van der Waals surface area contributed by atoms with E-state index in [-0.39, 0.29) is 36.4 Å². The minimum absolute atomic E-state index is 0.0377. The van der Waals surface area contributed by atoms with Crippen molar-refractivity contribution in [3.63, 3.8) is 0 Å². The van der Waals surface area contributed by atoms with Gasteiger partial charge in [-0.2, -0.15) is 0 Å². The van der Waals surface area contributed by atoms with Gasteiger partial charge in [-0.15, -0.1) is 0 Å². The third kappa shape index (κ3) is 3.79. The van der Waals surface area contributed by atoms with E-state index in [9.17, 15) is 18.0 Å². The van der Waals surface area contributed by atoms with Gasteiger partial charge in [0.15, 0.2) is 15.4 Å². The minimum atomic E-state index is -3.11. The molecule has 0 radical (unpaired) electrons. The van der Waals surface area contributed by atoms with Gasteiger partial charge in [-0.25, -0.2) is 18.2 Å². The number of aryl methyl sites for hydroxylation is 1. The minimum Gasteiger partial charge on any atom is -0.408 e. The highest BCUT2D eigenvalue weighted by Gasteiger charge is 2.35. The average Bonchev–Trinajstić information content (AvgIpc) is 3.03. The molecule has 10 heteroatoms. The van der Waals surface area contributed by atoms with Crippen molar-refractivity contribution in [1.82, 2.24) is 14.6 Å². The summed E-state index contributed by atoms with van der Waals surface area (Å²) in [5.41, 5.74) is 0.924. The van der Waals surface area contributed by atoms with E-state index >= 15 is 0 Å². The predicted molar refractivity (Wildman–Crippen MR) is 97.7 cm³/mol. The van der Waals surface area contributed by atoms with Crippen LogP contribution in [0, 0.1) is 0 Å². The Morgan fingerprint density at radius 1 is 1.38 bits per heavy atom. The molecule has 1 aromatic carbocycles. The summed E-state index contributed by atoms with van der Waals surface area (Å²) < 4.78 is 30.0. The molecule has 0 aliphatic carbocycles. The summed E-state index contributed by atoms with van der Waals surface area (Å²) in [6.45, 7) is 0.135. The summed E-state index contributed by atoms with van der Waals surface area (Å²) in [4.78, 5) is 24.7. The number of fused-ring (bicyclic) bond motifs is 1. The normalized spacial score (nSPS) is 19.3. The fraction of sp³-hybridized carbons (Fsp3) is 0.500. The van der Waals surface area contributed by atoms with E-state index in [1.54, 1.807) is 37.3 Å². The van der Waals surface area contributed by atoms with Crippen molar-refractivity contribution in [2.75, 3.05) is 25.6 Å². The zero-order chi connectivity index (χ0) is 19.1. The molecule has 26 heavy (non-hydrogen) atoms. The Balaban J connectivity index is 1.77. The average molecular weight is 402 g/mol. The Morgan fingerprint density at radius 2 is 2.12 bits per heavy atom. The van der Waals surface area contributed by atoms with Crippen molar-refractivity contribution < 1.29 is 17.6 Å². The smallest absolute Gasteiger partial charge is 0.408 e. The third-order valence-electron chi connectivity index (χ3n) is 4.42. The molecule has 3 rings (SSSR count). The predicted octanol–water partition coefficient (Wildman–Crippen LogP) is 1.13. The topological polar surface area (TPSA) is 92.8 Å². The Labute approximate surface area is 155 Å². The van der Waals surface area contributed by atoms with Crippen molar-refractivity contribution in [1.29, 1.82) is 0 Å². The van der Waals surface area contributed by atoms with E-state index in [0.717, 1.165) is 0 Å². The molecule has 0 bridgehead atoms. The number of oxazole rings is 1. The number of carbonyl (C=O) groups is 1. The van der Waals surface area contributed by atoms with Gasteiger partial charge in [-0.05, 0) is 18.6 Å². The lowest BCUT2D eigenvalue weighted by Crippen LogP contribution is -2.49. The Bertz CT molecular complexity index is 995. The molecule has 0 unspecified atom stereocenters. The molecule has 0 spiro atoms. The van der Waals surface area contributed by atoms with Crippen LogP contribution >= 0.6 is 11.6 Å². The second kappa shape index (κ2) is 7.05. The fourth-order valence-electron chi connectivity index (χ4n) is 3.30. The van der Waals surface area contributed by atoms with Crippen LogP contribution in [-0.4, -0.2) is 60.6 Å². The van der Waals surface area contributed by atoms with Gasteiger partial charge in [0.05, 0.1) is 23.1 Å². The van der Waals surface area contributed by atoms with Gasteiger partial charge >= 0.3 is 5.76 Å². The standard InChI is InChI=1S/C16H20ClN3O5S/c1-18(2)20(12-6-8-26(23,24)10-12)15(21)5-7-19-13-4-3-11(17)9-14(13)25-16(19)22/h3-4,9,12H,5-8,10H2,1-2H3/t12-/m0/s1. The highest BCUT2D eigenvalue weighted by molar-refractivity contribution is 7.91. The summed E-state index contributed by atoms with van der Waals surface area (Å²) in [6.07, 6.45) is 0.464. The summed E-state index contributed by atoms with van der Waals surface area (Å²) in [5.74, 6) is -0.756. The zero-order valence-electron chi connectivity index (χ0n) is 14.5. The summed E-state index contributed by atoms with van der Waals surface area (Å²) in [6, 6.07) is 4.48. The number of hydrazine groups is 1. The van der Waals surface area contributed by atoms with E-state index in [4.69, 9.17) is 16.0 Å². The molecule has 142 valence electrons. The van der Waals surface area contributed by atoms with Crippen molar-refractivity contribution in [3.8, 4) is 0 Å². The number of amides is 1. The second-order valence-corrected chi connectivity index (χ2v) is 9.19. The zero-order valence-corrected chi connectivity index (χ0v) is 16.1. The molecule has 1 aliphatic heterocycles. The fourth-order valence-corrected chi connectivity index (χ4v) is 5.15. The quantitative estimate of drug-likeness (QED) is 0.697. The van der Waals surface area contributed by atoms with Crippen LogP contribution in [0.4, 0.5) is 0 Å². The summed E-state index contributed by atoms with van der Waals surface area (Å²) >= 11 is 5.89. The molecule has 1 saturated heterocycles. The maximum Gasteiger partial charge on any atom is 0.419 e. The van der Waals surface area contributed by atoms with Gasteiger partial charge in [0, 0.05) is 38.1 Å². The molecule has 1 fully saturated rings. The number of rotatable bonds is 5. The monoisotopic (exact) mass is 401 g/mol. The summed E-state index contributed by atoms with van der Waals surface area (Å²) in [5, 5.41) is 3.52. The Kier molecular flexibility index (Phi) is 5.14. The number of halogens is 1. The maximum absolute atomic E-state index is 12.7. The number of aromatic nitrogens is 1. The van der Waals surface area contributed by atoms with Crippen LogP contribution in [0.2, 0.25) is 5.02 Å². The van der Waals surface area contributed by atoms with Crippen LogP contribution in [0.15, 0.2) is 27.4 Å². The first-order valence-electron chi connectivity index (χ1n) is 8.16. The van der Waals surface area contributed by atoms with E-state index in [1.165, 1.54) is 9.58 Å². The molecular formula is C16H20ClN3O5S. The van der Waals surface area contributed by atoms with Crippen molar-refractivity contribution in [2.45, 2.75) is 25.4 Å². The van der Waals surface area contributed by atoms with Gasteiger partial charge in [0.25, 0.3) is 0 Å². The molecule has 0 N–H and O–H groups in total. The molecule has 1 aliphatic rings. The van der Waals surface area contributed by atoms with Gasteiger partial charge in [-0.3, -0.25) is 14.4 Å². The lowest BCUT2D eigenvalue weighted by molar-refractivity contribution is -0.149. The third-order valence-corrected chi connectivity index (χ3v) is 6.41. The molecule has 2 aromatic rings. The number of sulfone groups is 1. The molecule has 1 atom stereocenters.